The summed E-state index contributed by atoms with van der Waals surface area (Å²) in [6, 6.07) is 9.56. The van der Waals surface area contributed by atoms with Crippen molar-refractivity contribution >= 4 is 5.95 Å². The first-order chi connectivity index (χ1) is 9.96. The van der Waals surface area contributed by atoms with Gasteiger partial charge in [0.25, 0.3) is 0 Å². The van der Waals surface area contributed by atoms with E-state index < -0.39 is 12.8 Å². The molecule has 0 amide bonds. The number of alkyl halides is 3. The molecule has 0 radical (unpaired) electrons. The zero-order valence-electron chi connectivity index (χ0n) is 11.5. The fourth-order valence-electron chi connectivity index (χ4n) is 1.83. The van der Waals surface area contributed by atoms with Gasteiger partial charge >= 0.3 is 6.18 Å². The molecular weight excluding hydrogens is 283 g/mol. The van der Waals surface area contributed by atoms with Crippen LogP contribution in [-0.4, -0.2) is 35.5 Å². The molecule has 21 heavy (non-hydrogen) atoms. The summed E-state index contributed by atoms with van der Waals surface area (Å²) in [5, 5.41) is 2.98. The van der Waals surface area contributed by atoms with Gasteiger partial charge in [0.2, 0.25) is 5.95 Å². The van der Waals surface area contributed by atoms with Gasteiger partial charge in [-0.2, -0.15) is 13.2 Å². The van der Waals surface area contributed by atoms with Crippen LogP contribution in [0.15, 0.2) is 36.5 Å². The smallest absolute Gasteiger partial charge is 0.370 e. The zero-order chi connectivity index (χ0) is 15.3. The SMILES string of the molecule is Cc1cn(-c2ccccc2)c(NCCOCC(F)(F)F)n1. The standard InChI is InChI=1S/C14H16F3N3O/c1-11-9-20(12-5-3-2-4-6-12)13(19-11)18-7-8-21-10-14(15,16)17/h2-6,9H,7-8,10H2,1H3,(H,18,19). The van der Waals surface area contributed by atoms with Gasteiger partial charge in [0.15, 0.2) is 0 Å². The predicted molar refractivity (Wildman–Crippen MR) is 73.7 cm³/mol. The van der Waals surface area contributed by atoms with Gasteiger partial charge in [0.05, 0.1) is 12.3 Å². The Bertz CT molecular complexity index is 567. The van der Waals surface area contributed by atoms with Crippen LogP contribution >= 0.6 is 0 Å². The summed E-state index contributed by atoms with van der Waals surface area (Å²) in [5.74, 6) is 0.578. The predicted octanol–water partition coefficient (Wildman–Crippen LogP) is 3.17. The monoisotopic (exact) mass is 299 g/mol. The number of hydrogen-bond acceptors (Lipinski definition) is 3. The van der Waals surface area contributed by atoms with E-state index in [-0.39, 0.29) is 13.2 Å². The van der Waals surface area contributed by atoms with E-state index in [1.807, 2.05) is 48.0 Å². The number of imidazole rings is 1. The molecule has 2 aromatic rings. The first kappa shape index (κ1) is 15.4. The first-order valence-corrected chi connectivity index (χ1v) is 6.45. The van der Waals surface area contributed by atoms with Crippen LogP contribution < -0.4 is 5.32 Å². The molecule has 0 aliphatic heterocycles. The molecule has 7 heteroatoms. The van der Waals surface area contributed by atoms with Crippen molar-refractivity contribution in [3.05, 3.63) is 42.2 Å². The number of ether oxygens (including phenoxy) is 1. The summed E-state index contributed by atoms with van der Waals surface area (Å²) < 4.78 is 42.2. The molecule has 1 aromatic heterocycles. The average molecular weight is 299 g/mol. The van der Waals surface area contributed by atoms with Crippen LogP contribution in [0, 0.1) is 6.92 Å². The number of aryl methyl sites for hydroxylation is 1. The van der Waals surface area contributed by atoms with Crippen molar-refractivity contribution in [2.24, 2.45) is 0 Å². The van der Waals surface area contributed by atoms with Gasteiger partial charge in [-0.25, -0.2) is 4.98 Å². The number of nitrogens with zero attached hydrogens (tertiary/aromatic N) is 2. The van der Waals surface area contributed by atoms with E-state index in [0.717, 1.165) is 11.4 Å². The molecule has 0 bridgehead atoms. The second-order valence-electron chi connectivity index (χ2n) is 4.51. The lowest BCUT2D eigenvalue weighted by atomic mass is 10.3. The molecule has 0 aliphatic carbocycles. The minimum atomic E-state index is -4.29. The van der Waals surface area contributed by atoms with Crippen LogP contribution in [0.4, 0.5) is 19.1 Å². The third kappa shape index (κ3) is 4.78. The Morgan fingerprint density at radius 1 is 1.24 bits per heavy atom. The molecular formula is C14H16F3N3O. The van der Waals surface area contributed by atoms with Crippen LogP contribution in [0.3, 0.4) is 0 Å². The maximum absolute atomic E-state index is 11.9. The van der Waals surface area contributed by atoms with Gasteiger partial charge in [-0.15, -0.1) is 0 Å². The number of rotatable bonds is 6. The van der Waals surface area contributed by atoms with Crippen LogP contribution in [-0.2, 0) is 4.74 Å². The van der Waals surface area contributed by atoms with Crippen molar-refractivity contribution in [1.82, 2.24) is 9.55 Å². The number of aromatic nitrogens is 2. The molecule has 0 unspecified atom stereocenters. The topological polar surface area (TPSA) is 39.1 Å². The maximum Gasteiger partial charge on any atom is 0.411 e. The molecule has 1 N–H and O–H groups in total. The van der Waals surface area contributed by atoms with E-state index in [0.29, 0.717) is 5.95 Å². The first-order valence-electron chi connectivity index (χ1n) is 6.45. The molecule has 4 nitrogen and oxygen atoms in total. The summed E-state index contributed by atoms with van der Waals surface area (Å²) in [6.07, 6.45) is -2.44. The molecule has 114 valence electrons. The minimum absolute atomic E-state index is 0.0415. The minimum Gasteiger partial charge on any atom is -0.370 e. The highest BCUT2D eigenvalue weighted by atomic mass is 19.4. The van der Waals surface area contributed by atoms with Crippen molar-refractivity contribution in [1.29, 1.82) is 0 Å². The number of nitrogens with one attached hydrogen (secondary N) is 1. The Labute approximate surface area is 120 Å². The van der Waals surface area contributed by atoms with E-state index in [2.05, 4.69) is 15.0 Å². The summed E-state index contributed by atoms with van der Waals surface area (Å²) in [7, 11) is 0. The van der Waals surface area contributed by atoms with Gasteiger partial charge in [-0.05, 0) is 19.1 Å². The molecule has 0 atom stereocenters. The van der Waals surface area contributed by atoms with Gasteiger partial charge in [0, 0.05) is 18.4 Å². The quantitative estimate of drug-likeness (QED) is 0.833. The average Bonchev–Trinajstić information content (AvgIpc) is 2.79. The second kappa shape index (κ2) is 6.62. The Hall–Kier alpha value is -2.02. The van der Waals surface area contributed by atoms with Crippen LogP contribution in [0.5, 0.6) is 0 Å². The fraction of sp³-hybridized carbons (Fsp3) is 0.357. The number of hydrogen-bond donors (Lipinski definition) is 1. The Balaban J connectivity index is 1.92. The highest BCUT2D eigenvalue weighted by molar-refractivity contribution is 5.42. The highest BCUT2D eigenvalue weighted by Gasteiger charge is 2.27. The number of para-hydroxylation sites is 1. The molecule has 2 rings (SSSR count). The molecule has 0 saturated carbocycles. The van der Waals surface area contributed by atoms with Crippen molar-refractivity contribution in [2.75, 3.05) is 25.1 Å². The van der Waals surface area contributed by atoms with E-state index >= 15 is 0 Å². The van der Waals surface area contributed by atoms with Crippen LogP contribution in [0.25, 0.3) is 5.69 Å². The second-order valence-corrected chi connectivity index (χ2v) is 4.51. The Morgan fingerprint density at radius 3 is 2.62 bits per heavy atom. The number of benzene rings is 1. The van der Waals surface area contributed by atoms with Gasteiger partial charge in [0.1, 0.15) is 6.61 Å². The van der Waals surface area contributed by atoms with E-state index in [9.17, 15) is 13.2 Å². The largest absolute Gasteiger partial charge is 0.411 e. The summed E-state index contributed by atoms with van der Waals surface area (Å²) >= 11 is 0. The molecule has 1 heterocycles. The molecule has 0 spiro atoms. The maximum atomic E-state index is 11.9. The van der Waals surface area contributed by atoms with Gasteiger partial charge in [-0.3, -0.25) is 4.57 Å². The van der Waals surface area contributed by atoms with Crippen molar-refractivity contribution in [2.45, 2.75) is 13.1 Å². The van der Waals surface area contributed by atoms with Crippen molar-refractivity contribution in [3.8, 4) is 5.69 Å². The lowest BCUT2D eigenvalue weighted by molar-refractivity contribution is -0.172. The third-order valence-electron chi connectivity index (χ3n) is 2.66. The number of halogens is 3. The van der Waals surface area contributed by atoms with Crippen LogP contribution in [0.1, 0.15) is 5.69 Å². The number of anilines is 1. The molecule has 0 saturated heterocycles. The van der Waals surface area contributed by atoms with Crippen LogP contribution in [0.2, 0.25) is 0 Å². The summed E-state index contributed by atoms with van der Waals surface area (Å²) in [4.78, 5) is 4.31. The summed E-state index contributed by atoms with van der Waals surface area (Å²) in [6.45, 7) is 0.825. The lowest BCUT2D eigenvalue weighted by Crippen LogP contribution is -2.20. The van der Waals surface area contributed by atoms with Crippen molar-refractivity contribution < 1.29 is 17.9 Å². The zero-order valence-corrected chi connectivity index (χ0v) is 11.5. The molecule has 0 aliphatic rings. The molecule has 1 aromatic carbocycles. The Kier molecular flexibility index (Phi) is 4.85. The lowest BCUT2D eigenvalue weighted by Gasteiger charge is -2.11. The normalized spacial score (nSPS) is 11.6. The highest BCUT2D eigenvalue weighted by Crippen LogP contribution is 2.16. The van der Waals surface area contributed by atoms with Crippen molar-refractivity contribution in [3.63, 3.8) is 0 Å². The fourth-order valence-corrected chi connectivity index (χ4v) is 1.83. The third-order valence-corrected chi connectivity index (χ3v) is 2.66. The van der Waals surface area contributed by atoms with Gasteiger partial charge < -0.3 is 10.1 Å². The van der Waals surface area contributed by atoms with E-state index in [4.69, 9.17) is 0 Å². The Morgan fingerprint density at radius 2 is 1.95 bits per heavy atom. The summed E-state index contributed by atoms with van der Waals surface area (Å²) in [5.41, 5.74) is 1.74. The van der Waals surface area contributed by atoms with E-state index in [1.165, 1.54) is 0 Å². The van der Waals surface area contributed by atoms with E-state index in [1.54, 1.807) is 0 Å². The van der Waals surface area contributed by atoms with Gasteiger partial charge in [-0.1, -0.05) is 18.2 Å². The molecule has 0 fully saturated rings.